The first-order chi connectivity index (χ1) is 13.4. The summed E-state index contributed by atoms with van der Waals surface area (Å²) in [6.07, 6.45) is 3.16. The van der Waals surface area contributed by atoms with E-state index in [4.69, 9.17) is 23.2 Å². The average molecular weight is 421 g/mol. The van der Waals surface area contributed by atoms with Crippen LogP contribution in [0.1, 0.15) is 24.0 Å². The van der Waals surface area contributed by atoms with Gasteiger partial charge in [-0.1, -0.05) is 65.7 Å². The number of esters is 1. The zero-order chi connectivity index (χ0) is 20.5. The maximum absolute atomic E-state index is 11.2. The lowest BCUT2D eigenvalue weighted by Crippen LogP contribution is -2.20. The molecule has 1 unspecified atom stereocenters. The van der Waals surface area contributed by atoms with Crippen molar-refractivity contribution < 1.29 is 19.7 Å². The molecule has 0 radical (unpaired) electrons. The summed E-state index contributed by atoms with van der Waals surface area (Å²) in [7, 11) is 1.26. The first-order valence-corrected chi connectivity index (χ1v) is 9.48. The molecule has 0 saturated carbocycles. The average Bonchev–Trinajstić information content (AvgIpc) is 2.67. The largest absolute Gasteiger partial charge is 0.469 e. The molecule has 0 aliphatic heterocycles. The van der Waals surface area contributed by atoms with Gasteiger partial charge in [-0.05, 0) is 41.0 Å². The molecule has 4 nitrogen and oxygen atoms in total. The van der Waals surface area contributed by atoms with E-state index in [-0.39, 0.29) is 12.8 Å². The van der Waals surface area contributed by atoms with Crippen molar-refractivity contribution in [3.63, 3.8) is 0 Å². The molecule has 2 rings (SSSR count). The number of hydrogen-bond donors (Lipinski definition) is 2. The van der Waals surface area contributed by atoms with E-state index in [0.717, 1.165) is 16.7 Å². The number of allylic oxidation sites excluding steroid dienone is 2. The van der Waals surface area contributed by atoms with Crippen molar-refractivity contribution in [1.82, 2.24) is 0 Å². The van der Waals surface area contributed by atoms with Crippen LogP contribution in [-0.4, -0.2) is 35.5 Å². The first kappa shape index (κ1) is 22.2. The Balaban J connectivity index is 2.17. The van der Waals surface area contributed by atoms with Crippen LogP contribution in [0, 0.1) is 0 Å². The Kier molecular flexibility index (Phi) is 8.74. The van der Waals surface area contributed by atoms with Crippen LogP contribution >= 0.6 is 23.2 Å². The lowest BCUT2D eigenvalue weighted by atomic mass is 9.97. The third-order valence-corrected chi connectivity index (χ3v) is 4.55. The normalized spacial score (nSPS) is 13.2. The summed E-state index contributed by atoms with van der Waals surface area (Å²) in [6, 6.07) is 14.9. The molecule has 0 amide bonds. The van der Waals surface area contributed by atoms with Gasteiger partial charge in [0.1, 0.15) is 0 Å². The number of methoxy groups -OCH3 is 1. The maximum Gasteiger partial charge on any atom is 0.308 e. The van der Waals surface area contributed by atoms with Crippen LogP contribution in [0.2, 0.25) is 10.0 Å². The van der Waals surface area contributed by atoms with Gasteiger partial charge >= 0.3 is 5.97 Å². The predicted octanol–water partition coefficient (Wildman–Crippen LogP) is 4.66. The zero-order valence-electron chi connectivity index (χ0n) is 15.4. The molecule has 0 fully saturated rings. The van der Waals surface area contributed by atoms with Crippen molar-refractivity contribution >= 4 is 34.7 Å². The second kappa shape index (κ2) is 11.0. The first-order valence-electron chi connectivity index (χ1n) is 8.72. The van der Waals surface area contributed by atoms with E-state index in [2.05, 4.69) is 4.74 Å². The van der Waals surface area contributed by atoms with Gasteiger partial charge in [0.2, 0.25) is 0 Å². The summed E-state index contributed by atoms with van der Waals surface area (Å²) in [5, 5.41) is 21.2. The van der Waals surface area contributed by atoms with Crippen molar-refractivity contribution in [1.29, 1.82) is 0 Å². The number of aliphatic hydroxyl groups excluding tert-OH is 2. The molecule has 148 valence electrons. The molecule has 0 bridgehead atoms. The van der Waals surface area contributed by atoms with Gasteiger partial charge < -0.3 is 14.9 Å². The number of carbonyl (C=O) groups excluding carboxylic acids is 1. The van der Waals surface area contributed by atoms with Crippen LogP contribution in [-0.2, 0) is 9.53 Å². The third-order valence-electron chi connectivity index (χ3n) is 4.05. The number of hydrogen-bond acceptors (Lipinski definition) is 4. The molecule has 6 heteroatoms. The Hall–Kier alpha value is -2.11. The van der Waals surface area contributed by atoms with Crippen LogP contribution < -0.4 is 0 Å². The summed E-state index contributed by atoms with van der Waals surface area (Å²) in [5.41, 5.74) is 2.83. The molecule has 28 heavy (non-hydrogen) atoms. The summed E-state index contributed by atoms with van der Waals surface area (Å²) in [4.78, 5) is 11.2. The molecular formula is C22H22Cl2O4. The van der Waals surface area contributed by atoms with Gasteiger partial charge in [0.05, 0.1) is 25.7 Å². The molecule has 0 aliphatic rings. The minimum Gasteiger partial charge on any atom is -0.469 e. The van der Waals surface area contributed by atoms with Gasteiger partial charge in [0.25, 0.3) is 0 Å². The number of benzene rings is 2. The fourth-order valence-corrected chi connectivity index (χ4v) is 2.87. The molecule has 0 saturated heterocycles. The second-order valence-electron chi connectivity index (χ2n) is 6.22. The standard InChI is InChI=1S/C22H22Cl2O4/c1-28-22(27)14-20(26)13-19(25)3-2-4-21(15-5-9-17(23)10-6-15)16-7-11-18(24)12-8-16/h2-12,19-20,25-26H,13-14H2,1H3/t19?,20-/m1/s1. The molecule has 2 aromatic carbocycles. The molecule has 2 atom stereocenters. The van der Waals surface area contributed by atoms with E-state index in [1.807, 2.05) is 54.6 Å². The molecule has 0 aromatic heterocycles. The Morgan fingerprint density at radius 3 is 1.96 bits per heavy atom. The van der Waals surface area contributed by atoms with Crippen LogP contribution in [0.4, 0.5) is 0 Å². The SMILES string of the molecule is COC(=O)C[C@H](O)CC(O)C=CC=C(c1ccc(Cl)cc1)c1ccc(Cl)cc1. The van der Waals surface area contributed by atoms with E-state index in [0.29, 0.717) is 10.0 Å². The lowest BCUT2D eigenvalue weighted by molar-refractivity contribution is -0.143. The van der Waals surface area contributed by atoms with Crippen molar-refractivity contribution in [3.8, 4) is 0 Å². The van der Waals surface area contributed by atoms with Crippen LogP contribution in [0.25, 0.3) is 5.57 Å². The van der Waals surface area contributed by atoms with E-state index >= 15 is 0 Å². The van der Waals surface area contributed by atoms with Crippen molar-refractivity contribution in [2.45, 2.75) is 25.0 Å². The van der Waals surface area contributed by atoms with Gasteiger partial charge in [0.15, 0.2) is 0 Å². The molecular weight excluding hydrogens is 399 g/mol. The van der Waals surface area contributed by atoms with E-state index in [1.54, 1.807) is 12.2 Å². The van der Waals surface area contributed by atoms with Gasteiger partial charge in [-0.3, -0.25) is 4.79 Å². The number of rotatable bonds is 8. The number of halogens is 2. The predicted molar refractivity (Wildman–Crippen MR) is 112 cm³/mol. The highest BCUT2D eigenvalue weighted by Crippen LogP contribution is 2.26. The highest BCUT2D eigenvalue weighted by molar-refractivity contribution is 6.31. The van der Waals surface area contributed by atoms with Crippen molar-refractivity contribution in [2.24, 2.45) is 0 Å². The summed E-state index contributed by atoms with van der Waals surface area (Å²) in [5.74, 6) is -0.517. The molecule has 2 N–H and O–H groups in total. The minimum absolute atomic E-state index is 0.0384. The monoisotopic (exact) mass is 420 g/mol. The fraction of sp³-hybridized carbons (Fsp3) is 0.227. The summed E-state index contributed by atoms with van der Waals surface area (Å²) in [6.45, 7) is 0. The zero-order valence-corrected chi connectivity index (χ0v) is 16.9. The number of carbonyl (C=O) groups is 1. The van der Waals surface area contributed by atoms with E-state index in [1.165, 1.54) is 7.11 Å². The molecule has 0 heterocycles. The maximum atomic E-state index is 11.2. The fourth-order valence-electron chi connectivity index (χ4n) is 2.61. The van der Waals surface area contributed by atoms with Crippen LogP contribution in [0.3, 0.4) is 0 Å². The van der Waals surface area contributed by atoms with E-state index in [9.17, 15) is 15.0 Å². The van der Waals surface area contributed by atoms with Crippen LogP contribution in [0.5, 0.6) is 0 Å². The summed E-state index contributed by atoms with van der Waals surface area (Å²) < 4.78 is 4.50. The van der Waals surface area contributed by atoms with Gasteiger partial charge in [0, 0.05) is 16.5 Å². The summed E-state index contributed by atoms with van der Waals surface area (Å²) >= 11 is 12.0. The Morgan fingerprint density at radius 1 is 1.00 bits per heavy atom. The lowest BCUT2D eigenvalue weighted by Gasteiger charge is -2.12. The molecule has 2 aromatic rings. The van der Waals surface area contributed by atoms with Crippen molar-refractivity contribution in [3.05, 3.63) is 87.9 Å². The molecule has 0 spiro atoms. The van der Waals surface area contributed by atoms with Gasteiger partial charge in [-0.25, -0.2) is 0 Å². The quantitative estimate of drug-likeness (QED) is 0.481. The highest BCUT2D eigenvalue weighted by Gasteiger charge is 2.14. The Labute approximate surface area is 174 Å². The smallest absolute Gasteiger partial charge is 0.308 e. The molecule has 0 aliphatic carbocycles. The Bertz CT molecular complexity index is 779. The van der Waals surface area contributed by atoms with Crippen LogP contribution in [0.15, 0.2) is 66.8 Å². The van der Waals surface area contributed by atoms with E-state index < -0.39 is 18.2 Å². The second-order valence-corrected chi connectivity index (χ2v) is 7.09. The minimum atomic E-state index is -0.969. The third kappa shape index (κ3) is 7.13. The highest BCUT2D eigenvalue weighted by atomic mass is 35.5. The number of aliphatic hydroxyl groups is 2. The van der Waals surface area contributed by atoms with Gasteiger partial charge in [-0.15, -0.1) is 0 Å². The van der Waals surface area contributed by atoms with Gasteiger partial charge in [-0.2, -0.15) is 0 Å². The topological polar surface area (TPSA) is 66.8 Å². The Morgan fingerprint density at radius 2 is 1.50 bits per heavy atom. The number of ether oxygens (including phenoxy) is 1. The van der Waals surface area contributed by atoms with Crippen molar-refractivity contribution in [2.75, 3.05) is 7.11 Å².